The molecule has 0 heterocycles. The van der Waals surface area contributed by atoms with E-state index in [9.17, 15) is 0 Å². The summed E-state index contributed by atoms with van der Waals surface area (Å²) in [6, 6.07) is 6.00. The molecular formula is C9H12INO. The molecule has 0 unspecified atom stereocenters. The maximum atomic E-state index is 5.10. The molecule has 1 aromatic carbocycles. The number of hydrogen-bond acceptors (Lipinski definition) is 2. The summed E-state index contributed by atoms with van der Waals surface area (Å²) in [6.45, 7) is 3.03. The number of anilines is 1. The summed E-state index contributed by atoms with van der Waals surface area (Å²) in [6.07, 6.45) is 0. The Bertz CT molecular complexity index is 263. The first-order chi connectivity index (χ1) is 5.77. The summed E-state index contributed by atoms with van der Waals surface area (Å²) >= 11 is 2.29. The first-order valence-corrected chi connectivity index (χ1v) is 4.93. The Kier molecular flexibility index (Phi) is 3.65. The minimum atomic E-state index is 0.904. The summed E-state index contributed by atoms with van der Waals surface area (Å²) in [5.41, 5.74) is 1.17. The molecule has 0 radical (unpaired) electrons. The molecular weight excluding hydrogens is 265 g/mol. The van der Waals surface area contributed by atoms with Gasteiger partial charge < -0.3 is 10.1 Å². The van der Waals surface area contributed by atoms with E-state index >= 15 is 0 Å². The molecule has 0 fully saturated rings. The lowest BCUT2D eigenvalue weighted by Gasteiger charge is -2.07. The van der Waals surface area contributed by atoms with Crippen LogP contribution < -0.4 is 10.1 Å². The van der Waals surface area contributed by atoms with Gasteiger partial charge in [-0.05, 0) is 47.7 Å². The predicted molar refractivity (Wildman–Crippen MR) is 59.9 cm³/mol. The molecule has 0 saturated heterocycles. The largest absolute Gasteiger partial charge is 0.497 e. The van der Waals surface area contributed by atoms with Gasteiger partial charge in [0.05, 0.1) is 7.11 Å². The van der Waals surface area contributed by atoms with E-state index in [0.29, 0.717) is 0 Å². The van der Waals surface area contributed by atoms with Crippen LogP contribution in [-0.4, -0.2) is 13.7 Å². The highest BCUT2D eigenvalue weighted by molar-refractivity contribution is 14.1. The van der Waals surface area contributed by atoms with Gasteiger partial charge in [0.2, 0.25) is 0 Å². The van der Waals surface area contributed by atoms with Crippen molar-refractivity contribution in [1.82, 2.24) is 0 Å². The topological polar surface area (TPSA) is 21.3 Å². The highest BCUT2D eigenvalue weighted by Crippen LogP contribution is 2.23. The van der Waals surface area contributed by atoms with Crippen molar-refractivity contribution < 1.29 is 4.74 Å². The number of nitrogens with one attached hydrogen (secondary N) is 1. The smallest absolute Gasteiger partial charge is 0.120 e. The van der Waals surface area contributed by atoms with E-state index in [1.807, 2.05) is 18.2 Å². The molecule has 1 aromatic rings. The van der Waals surface area contributed by atoms with Crippen molar-refractivity contribution >= 4 is 28.3 Å². The van der Waals surface area contributed by atoms with Crippen molar-refractivity contribution in [2.45, 2.75) is 6.92 Å². The van der Waals surface area contributed by atoms with Crippen LogP contribution in [0.2, 0.25) is 0 Å². The molecule has 66 valence electrons. The monoisotopic (exact) mass is 277 g/mol. The van der Waals surface area contributed by atoms with E-state index in [-0.39, 0.29) is 0 Å². The molecule has 0 aromatic heterocycles. The summed E-state index contributed by atoms with van der Waals surface area (Å²) in [7, 11) is 1.68. The Labute approximate surface area is 86.5 Å². The second-order valence-corrected chi connectivity index (χ2v) is 3.54. The van der Waals surface area contributed by atoms with Gasteiger partial charge in [-0.25, -0.2) is 0 Å². The van der Waals surface area contributed by atoms with Gasteiger partial charge in [-0.2, -0.15) is 0 Å². The van der Waals surface area contributed by atoms with Gasteiger partial charge in [0, 0.05) is 15.8 Å². The Morgan fingerprint density at radius 1 is 1.50 bits per heavy atom. The van der Waals surface area contributed by atoms with Gasteiger partial charge >= 0.3 is 0 Å². The van der Waals surface area contributed by atoms with Gasteiger partial charge in [0.25, 0.3) is 0 Å². The number of halogens is 1. The van der Waals surface area contributed by atoms with Crippen molar-refractivity contribution in [3.63, 3.8) is 0 Å². The fourth-order valence-electron chi connectivity index (χ4n) is 0.957. The third-order valence-corrected chi connectivity index (χ3v) is 2.44. The number of methoxy groups -OCH3 is 1. The van der Waals surface area contributed by atoms with Crippen molar-refractivity contribution in [1.29, 1.82) is 0 Å². The fraction of sp³-hybridized carbons (Fsp3) is 0.333. The van der Waals surface area contributed by atoms with E-state index in [1.165, 1.54) is 9.26 Å². The Hall–Kier alpha value is -0.450. The first-order valence-electron chi connectivity index (χ1n) is 3.85. The second kappa shape index (κ2) is 4.54. The summed E-state index contributed by atoms with van der Waals surface area (Å²) in [5, 5.41) is 3.26. The van der Waals surface area contributed by atoms with Crippen LogP contribution in [0.25, 0.3) is 0 Å². The van der Waals surface area contributed by atoms with Crippen LogP contribution in [0.15, 0.2) is 18.2 Å². The lowest BCUT2D eigenvalue weighted by molar-refractivity contribution is 0.414. The molecule has 0 aliphatic rings. The average molecular weight is 277 g/mol. The highest BCUT2D eigenvalue weighted by Gasteiger charge is 1.98. The van der Waals surface area contributed by atoms with E-state index in [2.05, 4.69) is 34.8 Å². The number of benzene rings is 1. The third kappa shape index (κ3) is 2.27. The van der Waals surface area contributed by atoms with Crippen LogP contribution >= 0.6 is 22.6 Å². The molecule has 12 heavy (non-hydrogen) atoms. The molecule has 1 rings (SSSR count). The molecule has 0 amide bonds. The van der Waals surface area contributed by atoms with Crippen LogP contribution in [0.5, 0.6) is 5.75 Å². The molecule has 0 saturated carbocycles. The summed E-state index contributed by atoms with van der Waals surface area (Å²) < 4.78 is 6.28. The number of hydrogen-bond donors (Lipinski definition) is 1. The zero-order valence-electron chi connectivity index (χ0n) is 7.23. The SMILES string of the molecule is CCNc1ccc(OC)cc1I. The van der Waals surface area contributed by atoms with Crippen LogP contribution in [-0.2, 0) is 0 Å². The highest BCUT2D eigenvalue weighted by atomic mass is 127. The Morgan fingerprint density at radius 3 is 2.75 bits per heavy atom. The molecule has 0 spiro atoms. The van der Waals surface area contributed by atoms with E-state index in [0.717, 1.165) is 12.3 Å². The van der Waals surface area contributed by atoms with Gasteiger partial charge in [0.1, 0.15) is 5.75 Å². The maximum Gasteiger partial charge on any atom is 0.120 e. The van der Waals surface area contributed by atoms with Gasteiger partial charge in [-0.1, -0.05) is 0 Å². The minimum absolute atomic E-state index is 0.904. The molecule has 0 aliphatic carbocycles. The van der Waals surface area contributed by atoms with Crippen LogP contribution in [0.1, 0.15) is 6.92 Å². The molecule has 0 aliphatic heterocycles. The van der Waals surface area contributed by atoms with Gasteiger partial charge in [-0.15, -0.1) is 0 Å². The van der Waals surface area contributed by atoms with E-state index in [4.69, 9.17) is 4.74 Å². The lowest BCUT2D eigenvalue weighted by Crippen LogP contribution is -1.98. The van der Waals surface area contributed by atoms with Crippen molar-refractivity contribution in [3.05, 3.63) is 21.8 Å². The average Bonchev–Trinajstić information content (AvgIpc) is 2.09. The fourth-order valence-corrected chi connectivity index (χ4v) is 1.63. The zero-order chi connectivity index (χ0) is 8.97. The van der Waals surface area contributed by atoms with Crippen molar-refractivity contribution in [2.24, 2.45) is 0 Å². The quantitative estimate of drug-likeness (QED) is 0.858. The molecule has 0 bridgehead atoms. The van der Waals surface area contributed by atoms with Crippen LogP contribution in [0.4, 0.5) is 5.69 Å². The van der Waals surface area contributed by atoms with E-state index in [1.54, 1.807) is 7.11 Å². The first kappa shape index (κ1) is 9.64. The lowest BCUT2D eigenvalue weighted by atomic mass is 10.3. The second-order valence-electron chi connectivity index (χ2n) is 2.38. The van der Waals surface area contributed by atoms with Crippen molar-refractivity contribution in [3.8, 4) is 5.75 Å². The molecule has 1 N–H and O–H groups in total. The van der Waals surface area contributed by atoms with Crippen LogP contribution in [0, 0.1) is 3.57 Å². The Morgan fingerprint density at radius 2 is 2.25 bits per heavy atom. The molecule has 3 heteroatoms. The summed E-state index contributed by atoms with van der Waals surface area (Å²) in [4.78, 5) is 0. The number of rotatable bonds is 3. The number of ether oxygens (including phenoxy) is 1. The maximum absolute atomic E-state index is 5.10. The van der Waals surface area contributed by atoms with Gasteiger partial charge in [0.15, 0.2) is 0 Å². The third-order valence-electron chi connectivity index (χ3n) is 1.54. The minimum Gasteiger partial charge on any atom is -0.497 e. The summed E-state index contributed by atoms with van der Waals surface area (Å²) in [5.74, 6) is 0.904. The Balaban J connectivity index is 2.87. The zero-order valence-corrected chi connectivity index (χ0v) is 9.38. The molecule has 0 atom stereocenters. The molecule has 2 nitrogen and oxygen atoms in total. The normalized spacial score (nSPS) is 9.58. The van der Waals surface area contributed by atoms with Gasteiger partial charge in [-0.3, -0.25) is 0 Å². The van der Waals surface area contributed by atoms with Crippen molar-refractivity contribution in [2.75, 3.05) is 19.0 Å². The van der Waals surface area contributed by atoms with Crippen LogP contribution in [0.3, 0.4) is 0 Å². The van der Waals surface area contributed by atoms with E-state index < -0.39 is 0 Å². The standard InChI is InChI=1S/C9H12INO/c1-3-11-9-5-4-7(12-2)6-8(9)10/h4-6,11H,3H2,1-2H3. The predicted octanol–water partition coefficient (Wildman–Crippen LogP) is 2.73.